The molecule has 2 aromatic heterocycles. The van der Waals surface area contributed by atoms with E-state index in [1.165, 1.54) is 16.4 Å². The predicted octanol–water partition coefficient (Wildman–Crippen LogP) is 1.01. The first kappa shape index (κ1) is 10.2. The second-order valence-corrected chi connectivity index (χ2v) is 3.74. The average Bonchev–Trinajstić information content (AvgIpc) is 2.61. The predicted molar refractivity (Wildman–Crippen MR) is 58.2 cm³/mol. The Morgan fingerprint density at radius 1 is 1.40 bits per heavy atom. The molecule has 2 N–H and O–H groups in total. The lowest BCUT2D eigenvalue weighted by atomic mass is 10.5. The Morgan fingerprint density at radius 3 is 2.73 bits per heavy atom. The normalized spacial score (nSPS) is 10.5. The number of halogens is 1. The maximum absolute atomic E-state index is 5.66. The highest BCUT2D eigenvalue weighted by Gasteiger charge is 2.09. The monoisotopic (exact) mass is 242 g/mol. The van der Waals surface area contributed by atoms with Crippen LogP contribution in [-0.4, -0.2) is 31.2 Å². The summed E-state index contributed by atoms with van der Waals surface area (Å²) in [4.78, 5) is 4.02. The lowest BCUT2D eigenvalue weighted by Crippen LogP contribution is -2.05. The van der Waals surface area contributed by atoms with E-state index in [-0.39, 0.29) is 5.95 Å². The lowest BCUT2D eigenvalue weighted by Gasteiger charge is -1.98. The molecule has 8 heteroatoms. The first-order valence-electron chi connectivity index (χ1n) is 3.97. The summed E-state index contributed by atoms with van der Waals surface area (Å²) < 4.78 is 1.41. The number of nitrogens with two attached hydrogens (primary N) is 1. The third-order valence-electron chi connectivity index (χ3n) is 1.63. The van der Waals surface area contributed by atoms with Crippen molar-refractivity contribution in [2.45, 2.75) is 5.16 Å². The van der Waals surface area contributed by atoms with Gasteiger partial charge in [-0.3, -0.25) is 0 Å². The van der Waals surface area contributed by atoms with Gasteiger partial charge < -0.3 is 5.73 Å². The summed E-state index contributed by atoms with van der Waals surface area (Å²) in [5.74, 6) is 0.765. The van der Waals surface area contributed by atoms with Crippen LogP contribution in [0.1, 0.15) is 0 Å². The third-order valence-corrected chi connectivity index (χ3v) is 2.37. The maximum Gasteiger partial charge on any atom is 0.225 e. The standard InChI is InChI=1S/C7H7ClN6S/c1-15-7-10-6(9)14(13-7)5-3-2-4(8)11-12-5/h2-3H,1H3,(H2,9,10,13). The highest BCUT2D eigenvalue weighted by molar-refractivity contribution is 7.98. The number of anilines is 1. The van der Waals surface area contributed by atoms with E-state index >= 15 is 0 Å². The van der Waals surface area contributed by atoms with Gasteiger partial charge >= 0.3 is 0 Å². The Labute approximate surface area is 94.9 Å². The van der Waals surface area contributed by atoms with Gasteiger partial charge in [0.2, 0.25) is 11.1 Å². The Hall–Kier alpha value is -1.34. The second-order valence-electron chi connectivity index (χ2n) is 2.58. The second kappa shape index (κ2) is 4.03. The van der Waals surface area contributed by atoms with Crippen molar-refractivity contribution in [3.63, 3.8) is 0 Å². The van der Waals surface area contributed by atoms with E-state index in [1.54, 1.807) is 12.1 Å². The van der Waals surface area contributed by atoms with Crippen molar-refractivity contribution in [1.29, 1.82) is 0 Å². The van der Waals surface area contributed by atoms with Crippen LogP contribution >= 0.6 is 23.4 Å². The molecule has 0 spiro atoms. The van der Waals surface area contributed by atoms with E-state index in [0.717, 1.165) is 0 Å². The van der Waals surface area contributed by atoms with E-state index in [2.05, 4.69) is 20.3 Å². The molecule has 2 rings (SSSR count). The molecular formula is C7H7ClN6S. The first-order valence-corrected chi connectivity index (χ1v) is 5.57. The van der Waals surface area contributed by atoms with Crippen molar-refractivity contribution in [3.8, 4) is 5.82 Å². The zero-order valence-electron chi connectivity index (χ0n) is 7.75. The van der Waals surface area contributed by atoms with Crippen LogP contribution in [0.4, 0.5) is 5.95 Å². The van der Waals surface area contributed by atoms with Crippen LogP contribution in [-0.2, 0) is 0 Å². The van der Waals surface area contributed by atoms with Crippen molar-refractivity contribution in [3.05, 3.63) is 17.3 Å². The molecule has 0 aliphatic heterocycles. The van der Waals surface area contributed by atoms with Gasteiger partial charge in [0.1, 0.15) is 0 Å². The minimum absolute atomic E-state index is 0.274. The maximum atomic E-state index is 5.66. The van der Waals surface area contributed by atoms with Crippen molar-refractivity contribution < 1.29 is 0 Å². The zero-order chi connectivity index (χ0) is 10.8. The molecule has 2 heterocycles. The van der Waals surface area contributed by atoms with Gasteiger partial charge in [-0.15, -0.1) is 15.3 Å². The SMILES string of the molecule is CSc1nc(N)n(-c2ccc(Cl)nn2)n1. The van der Waals surface area contributed by atoms with E-state index < -0.39 is 0 Å². The molecule has 0 aromatic carbocycles. The molecule has 15 heavy (non-hydrogen) atoms. The van der Waals surface area contributed by atoms with Gasteiger partial charge in [-0.2, -0.15) is 9.67 Å². The number of hydrogen-bond donors (Lipinski definition) is 1. The molecule has 6 nitrogen and oxygen atoms in total. The van der Waals surface area contributed by atoms with Gasteiger partial charge in [0.05, 0.1) is 0 Å². The Morgan fingerprint density at radius 2 is 2.20 bits per heavy atom. The summed E-state index contributed by atoms with van der Waals surface area (Å²) in [6, 6.07) is 3.29. The van der Waals surface area contributed by atoms with Crippen LogP contribution in [0, 0.1) is 0 Å². The summed E-state index contributed by atoms with van der Waals surface area (Å²) in [7, 11) is 0. The lowest BCUT2D eigenvalue weighted by molar-refractivity contribution is 0.792. The van der Waals surface area contributed by atoms with Crippen LogP contribution in [0.15, 0.2) is 17.3 Å². The fraction of sp³-hybridized carbons (Fsp3) is 0.143. The van der Waals surface area contributed by atoms with Gasteiger partial charge in [0, 0.05) is 0 Å². The van der Waals surface area contributed by atoms with Crippen LogP contribution in [0.2, 0.25) is 5.15 Å². The van der Waals surface area contributed by atoms with Gasteiger partial charge in [0.25, 0.3) is 0 Å². The molecular weight excluding hydrogens is 236 g/mol. The molecule has 78 valence electrons. The van der Waals surface area contributed by atoms with E-state index in [4.69, 9.17) is 17.3 Å². The Balaban J connectivity index is 2.44. The summed E-state index contributed by atoms with van der Waals surface area (Å²) in [6.45, 7) is 0. The van der Waals surface area contributed by atoms with Crippen LogP contribution < -0.4 is 5.73 Å². The molecule has 0 saturated heterocycles. The van der Waals surface area contributed by atoms with Gasteiger partial charge in [-0.1, -0.05) is 23.4 Å². The van der Waals surface area contributed by atoms with Gasteiger partial charge in [-0.25, -0.2) is 0 Å². The quantitative estimate of drug-likeness (QED) is 0.792. The largest absolute Gasteiger partial charge is 0.368 e. The molecule has 2 aromatic rings. The number of thioether (sulfide) groups is 1. The smallest absolute Gasteiger partial charge is 0.225 e. The van der Waals surface area contributed by atoms with E-state index in [0.29, 0.717) is 16.1 Å². The minimum atomic E-state index is 0.274. The van der Waals surface area contributed by atoms with Crippen molar-refractivity contribution >= 4 is 29.3 Å². The Bertz CT molecular complexity index is 467. The molecule has 0 aliphatic carbocycles. The van der Waals surface area contributed by atoms with Crippen molar-refractivity contribution in [2.24, 2.45) is 0 Å². The average molecular weight is 243 g/mol. The van der Waals surface area contributed by atoms with Gasteiger partial charge in [-0.05, 0) is 18.4 Å². The zero-order valence-corrected chi connectivity index (χ0v) is 9.33. The summed E-state index contributed by atoms with van der Waals surface area (Å²) >= 11 is 7.02. The number of aromatic nitrogens is 5. The minimum Gasteiger partial charge on any atom is -0.368 e. The molecule has 0 bridgehead atoms. The topological polar surface area (TPSA) is 82.5 Å². The van der Waals surface area contributed by atoms with Crippen molar-refractivity contribution in [2.75, 3.05) is 12.0 Å². The highest BCUT2D eigenvalue weighted by atomic mass is 35.5. The molecule has 0 atom stereocenters. The molecule has 0 aliphatic rings. The first-order chi connectivity index (χ1) is 7.20. The fourth-order valence-corrected chi connectivity index (χ4v) is 1.43. The van der Waals surface area contributed by atoms with Gasteiger partial charge in [0.15, 0.2) is 11.0 Å². The highest BCUT2D eigenvalue weighted by Crippen LogP contribution is 2.14. The molecule has 0 fully saturated rings. The number of nitrogen functional groups attached to an aromatic ring is 1. The summed E-state index contributed by atoms with van der Waals surface area (Å²) in [5, 5.41) is 12.6. The third kappa shape index (κ3) is 2.02. The molecule has 0 unspecified atom stereocenters. The number of hydrogen-bond acceptors (Lipinski definition) is 6. The van der Waals surface area contributed by atoms with Crippen molar-refractivity contribution in [1.82, 2.24) is 25.0 Å². The molecule has 0 radical (unpaired) electrons. The molecule has 0 saturated carbocycles. The van der Waals surface area contributed by atoms with Crippen LogP contribution in [0.5, 0.6) is 0 Å². The summed E-state index contributed by atoms with van der Waals surface area (Å²) in [5.41, 5.74) is 5.66. The molecule has 0 amide bonds. The fourth-order valence-electron chi connectivity index (χ4n) is 0.981. The summed E-state index contributed by atoms with van der Waals surface area (Å²) in [6.07, 6.45) is 1.87. The van der Waals surface area contributed by atoms with E-state index in [9.17, 15) is 0 Å². The van der Waals surface area contributed by atoms with E-state index in [1.807, 2.05) is 6.26 Å². The van der Waals surface area contributed by atoms with Crippen LogP contribution in [0.3, 0.4) is 0 Å². The van der Waals surface area contributed by atoms with Crippen LogP contribution in [0.25, 0.3) is 5.82 Å². The number of rotatable bonds is 2. The Kier molecular flexibility index (Phi) is 2.74. The number of nitrogens with zero attached hydrogens (tertiary/aromatic N) is 5.